The number of aliphatic carboxylic acids is 1. The first-order chi connectivity index (χ1) is 9.08. The second-order valence-electron chi connectivity index (χ2n) is 4.31. The van der Waals surface area contributed by atoms with Crippen LogP contribution in [0.1, 0.15) is 32.3 Å². The second-order valence-corrected chi connectivity index (χ2v) is 5.22. The topological polar surface area (TPSA) is 40.5 Å². The molecule has 0 aliphatic carbocycles. The van der Waals surface area contributed by atoms with E-state index >= 15 is 0 Å². The number of hydrogen-bond donors (Lipinski definition) is 1. The Morgan fingerprint density at radius 2 is 2.16 bits per heavy atom. The van der Waals surface area contributed by atoms with E-state index in [1.807, 2.05) is 18.2 Å². The Labute approximate surface area is 123 Å². The number of unbranched alkanes of at least 4 members (excludes halogenated alkanes) is 1. The van der Waals surface area contributed by atoms with Gasteiger partial charge in [0.1, 0.15) is 0 Å². The highest BCUT2D eigenvalue weighted by molar-refractivity contribution is 9.10. The molecule has 4 heteroatoms. The third-order valence-corrected chi connectivity index (χ3v) is 3.39. The first kappa shape index (κ1) is 15.8. The summed E-state index contributed by atoms with van der Waals surface area (Å²) in [5.74, 6) is -0.928. The van der Waals surface area contributed by atoms with Gasteiger partial charge in [-0.3, -0.25) is 0 Å². The van der Waals surface area contributed by atoms with Crippen molar-refractivity contribution in [2.75, 3.05) is 18.0 Å². The molecule has 0 unspecified atom stereocenters. The molecule has 1 aromatic rings. The van der Waals surface area contributed by atoms with E-state index in [0.29, 0.717) is 0 Å². The molecule has 0 aromatic heterocycles. The van der Waals surface area contributed by atoms with Gasteiger partial charge in [-0.1, -0.05) is 29.3 Å². The third kappa shape index (κ3) is 5.07. The minimum Gasteiger partial charge on any atom is -0.478 e. The van der Waals surface area contributed by atoms with E-state index < -0.39 is 5.97 Å². The molecule has 0 spiro atoms. The molecule has 1 aromatic carbocycles. The third-order valence-electron chi connectivity index (χ3n) is 2.90. The molecular weight excluding hydrogens is 306 g/mol. The molecule has 1 N–H and O–H groups in total. The van der Waals surface area contributed by atoms with Crippen LogP contribution in [0, 0.1) is 0 Å². The molecule has 0 heterocycles. The fourth-order valence-electron chi connectivity index (χ4n) is 1.91. The summed E-state index contributed by atoms with van der Waals surface area (Å²) in [6, 6.07) is 5.97. The zero-order valence-electron chi connectivity index (χ0n) is 11.4. The van der Waals surface area contributed by atoms with Crippen molar-refractivity contribution in [1.82, 2.24) is 0 Å². The van der Waals surface area contributed by atoms with Crippen molar-refractivity contribution in [1.29, 1.82) is 0 Å². The number of carboxylic acid groups (broad SMARTS) is 1. The Balaban J connectivity index is 3.06. The Kier molecular flexibility index (Phi) is 6.64. The van der Waals surface area contributed by atoms with Crippen molar-refractivity contribution in [3.05, 3.63) is 34.3 Å². The van der Waals surface area contributed by atoms with Gasteiger partial charge in [0, 0.05) is 29.3 Å². The van der Waals surface area contributed by atoms with Gasteiger partial charge in [0.05, 0.1) is 0 Å². The summed E-state index contributed by atoms with van der Waals surface area (Å²) in [4.78, 5) is 12.9. The van der Waals surface area contributed by atoms with Crippen LogP contribution < -0.4 is 4.90 Å². The second kappa shape index (κ2) is 8.00. The van der Waals surface area contributed by atoms with Gasteiger partial charge >= 0.3 is 5.97 Å². The van der Waals surface area contributed by atoms with Gasteiger partial charge in [-0.05, 0) is 43.2 Å². The SMILES string of the molecule is CCCCN(CC)c1ccc(Br)cc1/C=C/C(=O)O. The van der Waals surface area contributed by atoms with Gasteiger partial charge < -0.3 is 10.0 Å². The minimum atomic E-state index is -0.928. The summed E-state index contributed by atoms with van der Waals surface area (Å²) in [5.41, 5.74) is 2.01. The fraction of sp³-hybridized carbons (Fsp3) is 0.400. The van der Waals surface area contributed by atoms with Crippen LogP contribution in [0.5, 0.6) is 0 Å². The average Bonchev–Trinajstić information content (AvgIpc) is 2.38. The smallest absolute Gasteiger partial charge is 0.328 e. The molecule has 0 amide bonds. The lowest BCUT2D eigenvalue weighted by Gasteiger charge is -2.25. The summed E-state index contributed by atoms with van der Waals surface area (Å²) in [7, 11) is 0. The van der Waals surface area contributed by atoms with Crippen molar-refractivity contribution in [3.63, 3.8) is 0 Å². The maximum atomic E-state index is 10.7. The lowest BCUT2D eigenvalue weighted by molar-refractivity contribution is -0.131. The van der Waals surface area contributed by atoms with Crippen molar-refractivity contribution in [2.45, 2.75) is 26.7 Å². The number of benzene rings is 1. The largest absolute Gasteiger partial charge is 0.478 e. The quantitative estimate of drug-likeness (QED) is 0.765. The summed E-state index contributed by atoms with van der Waals surface area (Å²) < 4.78 is 0.952. The van der Waals surface area contributed by atoms with E-state index in [4.69, 9.17) is 5.11 Å². The van der Waals surface area contributed by atoms with E-state index in [1.165, 1.54) is 6.08 Å². The van der Waals surface area contributed by atoms with Crippen LogP contribution in [0.2, 0.25) is 0 Å². The van der Waals surface area contributed by atoms with Crippen molar-refractivity contribution >= 4 is 33.7 Å². The van der Waals surface area contributed by atoms with Crippen LogP contribution in [0.15, 0.2) is 28.7 Å². The van der Waals surface area contributed by atoms with Gasteiger partial charge in [-0.15, -0.1) is 0 Å². The molecule has 0 aliphatic rings. The molecule has 0 saturated heterocycles. The molecule has 0 fully saturated rings. The maximum Gasteiger partial charge on any atom is 0.328 e. The minimum absolute atomic E-state index is 0.912. The lowest BCUT2D eigenvalue weighted by atomic mass is 10.1. The molecule has 0 saturated carbocycles. The van der Waals surface area contributed by atoms with Crippen LogP contribution in [-0.4, -0.2) is 24.2 Å². The van der Waals surface area contributed by atoms with E-state index in [0.717, 1.165) is 41.7 Å². The summed E-state index contributed by atoms with van der Waals surface area (Å²) in [6.45, 7) is 6.18. The van der Waals surface area contributed by atoms with Gasteiger partial charge in [-0.25, -0.2) is 4.79 Å². The van der Waals surface area contributed by atoms with Crippen molar-refractivity contribution in [2.24, 2.45) is 0 Å². The highest BCUT2D eigenvalue weighted by Gasteiger charge is 2.08. The molecule has 0 radical (unpaired) electrons. The molecule has 104 valence electrons. The predicted octanol–water partition coefficient (Wildman–Crippen LogP) is 4.17. The Hall–Kier alpha value is -1.29. The zero-order chi connectivity index (χ0) is 14.3. The standard InChI is InChI=1S/C15H20BrNO2/c1-3-5-10-17(4-2)14-8-7-13(16)11-12(14)6-9-15(18)19/h6-9,11H,3-5,10H2,1-2H3,(H,18,19)/b9-6+. The number of halogens is 1. The van der Waals surface area contributed by atoms with Crippen molar-refractivity contribution in [3.8, 4) is 0 Å². The lowest BCUT2D eigenvalue weighted by Crippen LogP contribution is -2.24. The molecule has 0 aliphatic heterocycles. The highest BCUT2D eigenvalue weighted by atomic mass is 79.9. The Morgan fingerprint density at radius 3 is 2.74 bits per heavy atom. The van der Waals surface area contributed by atoms with Crippen LogP contribution in [0.3, 0.4) is 0 Å². The summed E-state index contributed by atoms with van der Waals surface area (Å²) in [6.07, 6.45) is 5.11. The Morgan fingerprint density at radius 1 is 1.42 bits per heavy atom. The Bertz CT molecular complexity index is 457. The van der Waals surface area contributed by atoms with E-state index in [2.05, 4.69) is 34.7 Å². The number of carboxylic acids is 1. The maximum absolute atomic E-state index is 10.7. The first-order valence-electron chi connectivity index (χ1n) is 6.54. The number of rotatable bonds is 7. The fourth-order valence-corrected chi connectivity index (χ4v) is 2.28. The van der Waals surface area contributed by atoms with Gasteiger partial charge in [0.15, 0.2) is 0 Å². The molecule has 3 nitrogen and oxygen atoms in total. The first-order valence-corrected chi connectivity index (χ1v) is 7.33. The number of carbonyl (C=O) groups is 1. The molecule has 19 heavy (non-hydrogen) atoms. The number of hydrogen-bond acceptors (Lipinski definition) is 2. The van der Waals surface area contributed by atoms with Crippen LogP contribution in [0.4, 0.5) is 5.69 Å². The van der Waals surface area contributed by atoms with Crippen LogP contribution >= 0.6 is 15.9 Å². The normalized spacial score (nSPS) is 10.9. The van der Waals surface area contributed by atoms with Crippen molar-refractivity contribution < 1.29 is 9.90 Å². The molecule has 0 atom stereocenters. The van der Waals surface area contributed by atoms with E-state index in [9.17, 15) is 4.79 Å². The van der Waals surface area contributed by atoms with Crippen LogP contribution in [0.25, 0.3) is 6.08 Å². The predicted molar refractivity (Wildman–Crippen MR) is 83.6 cm³/mol. The van der Waals surface area contributed by atoms with Gasteiger partial charge in [0.25, 0.3) is 0 Å². The summed E-state index contributed by atoms with van der Waals surface area (Å²) in [5, 5.41) is 8.76. The number of anilines is 1. The average molecular weight is 326 g/mol. The molecular formula is C15H20BrNO2. The van der Waals surface area contributed by atoms with Gasteiger partial charge in [-0.2, -0.15) is 0 Å². The highest BCUT2D eigenvalue weighted by Crippen LogP contribution is 2.26. The molecule has 0 bridgehead atoms. The van der Waals surface area contributed by atoms with Gasteiger partial charge in [0.2, 0.25) is 0 Å². The van der Waals surface area contributed by atoms with E-state index in [-0.39, 0.29) is 0 Å². The van der Waals surface area contributed by atoms with E-state index in [1.54, 1.807) is 6.08 Å². The number of nitrogens with zero attached hydrogens (tertiary/aromatic N) is 1. The monoisotopic (exact) mass is 325 g/mol. The zero-order valence-corrected chi connectivity index (χ0v) is 13.0. The molecule has 1 rings (SSSR count). The summed E-state index contributed by atoms with van der Waals surface area (Å²) >= 11 is 3.43. The van der Waals surface area contributed by atoms with Crippen LogP contribution in [-0.2, 0) is 4.79 Å².